The van der Waals surface area contributed by atoms with E-state index in [2.05, 4.69) is 30.9 Å². The van der Waals surface area contributed by atoms with Crippen molar-refractivity contribution in [1.82, 2.24) is 30.6 Å². The highest BCUT2D eigenvalue weighted by Gasteiger charge is 2.54. The number of aliphatic carboxylic acids is 1. The second-order valence-electron chi connectivity index (χ2n) is 6.17. The number of hydrogen-bond donors (Lipinski definition) is 5. The highest BCUT2D eigenvalue weighted by Crippen LogP contribution is 2.44. The molecule has 4 rings (SSSR count). The van der Waals surface area contributed by atoms with Crippen LogP contribution in [0.4, 0.5) is 5.13 Å². The van der Waals surface area contributed by atoms with Crippen molar-refractivity contribution in [1.29, 1.82) is 0 Å². The van der Waals surface area contributed by atoms with Gasteiger partial charge in [0.05, 0.1) is 11.3 Å². The number of nitrogens with two attached hydrogens (primary N) is 1. The van der Waals surface area contributed by atoms with Crippen molar-refractivity contribution >= 4 is 100 Å². The van der Waals surface area contributed by atoms with Gasteiger partial charge in [0.25, 0.3) is 11.8 Å². The number of thiazole rings is 1. The first kappa shape index (κ1) is 28.1. The topological polar surface area (TPSA) is 200 Å². The number of halogens is 2. The molecule has 34 heavy (non-hydrogen) atoms. The minimum Gasteiger partial charge on any atom is -0.477 e. The quantitative estimate of drug-likeness (QED) is 0.0735. The number of anilines is 1. The van der Waals surface area contributed by atoms with E-state index in [-0.39, 0.29) is 47.0 Å². The minimum atomic E-state index is -1.22. The number of rotatable bonds is 8. The molecule has 0 radical (unpaired) electrons. The summed E-state index contributed by atoms with van der Waals surface area (Å²) >= 11 is 5.08. The number of amides is 2. The van der Waals surface area contributed by atoms with Gasteiger partial charge >= 0.3 is 5.97 Å². The predicted octanol–water partition coefficient (Wildman–Crippen LogP) is 1.04. The maximum atomic E-state index is 12.7. The summed E-state index contributed by atoms with van der Waals surface area (Å²) in [6, 6.07) is -0.967. The van der Waals surface area contributed by atoms with Gasteiger partial charge in [-0.15, -0.1) is 64.8 Å². The van der Waals surface area contributed by atoms with Crippen molar-refractivity contribution in [3.63, 3.8) is 0 Å². The van der Waals surface area contributed by atoms with Gasteiger partial charge in [-0.1, -0.05) is 16.9 Å². The van der Waals surface area contributed by atoms with Gasteiger partial charge in [0.1, 0.15) is 27.8 Å². The molecule has 1 saturated heterocycles. The summed E-state index contributed by atoms with van der Waals surface area (Å²) in [7, 11) is 0. The number of carboxylic acids is 1. The zero-order valence-electron chi connectivity index (χ0n) is 16.6. The van der Waals surface area contributed by atoms with Crippen molar-refractivity contribution in [2.45, 2.75) is 16.4 Å². The average molecular weight is 588 g/mol. The summed E-state index contributed by atoms with van der Waals surface area (Å²) in [5.41, 5.74) is 5.12. The molecule has 2 atom stereocenters. The second kappa shape index (κ2) is 12.0. The number of carboxylic acid groups (broad SMARTS) is 1. The summed E-state index contributed by atoms with van der Waals surface area (Å²) in [4.78, 5) is 42.8. The number of aromatic nitrogens is 4. The number of nitrogens with zero attached hydrogens (tertiary/aromatic N) is 5. The maximum Gasteiger partial charge on any atom is 0.353 e. The Morgan fingerprint density at radius 3 is 2.74 bits per heavy atom. The van der Waals surface area contributed by atoms with Crippen LogP contribution < -0.4 is 11.1 Å². The van der Waals surface area contributed by atoms with Gasteiger partial charge in [-0.25, -0.2) is 9.78 Å². The molecule has 0 bridgehead atoms. The van der Waals surface area contributed by atoms with Crippen LogP contribution in [0.3, 0.4) is 0 Å². The van der Waals surface area contributed by atoms with Crippen LogP contribution >= 0.6 is 71.4 Å². The highest BCUT2D eigenvalue weighted by molar-refractivity contribution is 8.18. The van der Waals surface area contributed by atoms with Crippen LogP contribution in [0.2, 0.25) is 0 Å². The van der Waals surface area contributed by atoms with E-state index in [1.807, 2.05) is 0 Å². The fourth-order valence-electron chi connectivity index (χ4n) is 2.94. The van der Waals surface area contributed by atoms with Crippen molar-refractivity contribution < 1.29 is 24.7 Å². The van der Waals surface area contributed by atoms with Crippen LogP contribution in [0.5, 0.6) is 0 Å². The van der Waals surface area contributed by atoms with Crippen molar-refractivity contribution in [3.05, 3.63) is 27.9 Å². The van der Waals surface area contributed by atoms with Crippen LogP contribution in [-0.2, 0) is 14.4 Å². The first-order valence-electron chi connectivity index (χ1n) is 8.67. The third-order valence-electron chi connectivity index (χ3n) is 4.34. The molecule has 0 spiro atoms. The summed E-state index contributed by atoms with van der Waals surface area (Å²) in [6.45, 7) is 0. The molecule has 2 aromatic heterocycles. The number of β-lactam (4-membered cyclic amide) rings is 1. The Kier molecular flexibility index (Phi) is 9.89. The number of aromatic amines is 1. The van der Waals surface area contributed by atoms with Crippen LogP contribution in [0.25, 0.3) is 0 Å². The molecule has 1 fully saturated rings. The number of nitrogen functional groups attached to an aromatic ring is 1. The van der Waals surface area contributed by atoms with E-state index < -0.39 is 29.2 Å². The van der Waals surface area contributed by atoms with Crippen LogP contribution in [0.15, 0.2) is 32.4 Å². The Labute approximate surface area is 220 Å². The fourth-order valence-corrected chi connectivity index (χ4v) is 7.06. The van der Waals surface area contributed by atoms with Gasteiger partial charge in [-0.05, 0) is 0 Å². The van der Waals surface area contributed by atoms with Gasteiger partial charge in [-0.2, -0.15) is 10.3 Å². The maximum absolute atomic E-state index is 12.7. The van der Waals surface area contributed by atoms with E-state index in [9.17, 15) is 24.7 Å². The third-order valence-corrected chi connectivity index (χ3v) is 8.59. The number of carbonyl (C=O) groups is 3. The first-order chi connectivity index (χ1) is 15.4. The number of nitrogens with one attached hydrogen (secondary N) is 2. The largest absolute Gasteiger partial charge is 0.477 e. The van der Waals surface area contributed by atoms with Crippen molar-refractivity contribution in [3.8, 4) is 0 Å². The fraction of sp³-hybridized carbons (Fsp3) is 0.267. The minimum absolute atomic E-state index is 0. The molecule has 184 valence electrons. The van der Waals surface area contributed by atoms with E-state index in [0.29, 0.717) is 20.8 Å². The second-order valence-corrected chi connectivity index (χ2v) is 10.6. The molecule has 13 nitrogen and oxygen atoms in total. The van der Waals surface area contributed by atoms with Gasteiger partial charge in [0.2, 0.25) is 0 Å². The van der Waals surface area contributed by atoms with Gasteiger partial charge < -0.3 is 21.4 Å². The lowest BCUT2D eigenvalue weighted by Crippen LogP contribution is -2.71. The number of fused-ring (bicyclic) bond motifs is 1. The lowest BCUT2D eigenvalue weighted by molar-refractivity contribution is -0.150. The molecule has 2 aliphatic heterocycles. The Morgan fingerprint density at radius 2 is 2.15 bits per heavy atom. The lowest BCUT2D eigenvalue weighted by Gasteiger charge is -2.49. The van der Waals surface area contributed by atoms with E-state index >= 15 is 0 Å². The Bertz CT molecular complexity index is 1130. The number of hydrogen-bond acceptors (Lipinski definition) is 13. The lowest BCUT2D eigenvalue weighted by atomic mass is 10.0. The Balaban J connectivity index is 0.00000204. The first-order valence-corrected chi connectivity index (χ1v) is 12.6. The molecule has 0 saturated carbocycles. The molecule has 6 N–H and O–H groups in total. The van der Waals surface area contributed by atoms with E-state index in [1.165, 1.54) is 45.6 Å². The molecule has 0 aromatic carbocycles. The Hall–Kier alpha value is -2.18. The van der Waals surface area contributed by atoms with Crippen molar-refractivity contribution in [2.75, 3.05) is 16.6 Å². The molecule has 4 heterocycles. The predicted molar refractivity (Wildman–Crippen MR) is 134 cm³/mol. The molecular formula is C15H16Cl2N8O5S4. The van der Waals surface area contributed by atoms with Crippen molar-refractivity contribution in [2.24, 2.45) is 5.16 Å². The summed E-state index contributed by atoms with van der Waals surface area (Å²) in [6.07, 6.45) is 1.56. The molecule has 2 aliphatic rings. The zero-order valence-corrected chi connectivity index (χ0v) is 21.5. The standard InChI is InChI=1S/C15H14N8O5S4.2ClH/c16-15-18-5(2-30-15)8(21-28)11(24)19-9-12(25)23-10(14(26)27)6(3-29-13(9)23)31-4-32-7-1-17-22-20-7;;/h1-2,9,13,28H,3-4H2,(H2,16,18)(H,19,24)(H,26,27)(H,17,20,22);2*1H/b21-8-;;/t9-,13-;;/m1../s1. The van der Waals surface area contributed by atoms with Crippen LogP contribution in [-0.4, -0.2) is 81.4 Å². The zero-order chi connectivity index (χ0) is 22.8. The number of carbonyl (C=O) groups excluding carboxylic acids is 2. The van der Waals surface area contributed by atoms with Crippen LogP contribution in [0, 0.1) is 0 Å². The number of oxime groups is 1. The third kappa shape index (κ3) is 5.55. The summed E-state index contributed by atoms with van der Waals surface area (Å²) in [5, 5.41) is 36.7. The molecule has 19 heteroatoms. The normalized spacial score (nSPS) is 19.5. The van der Waals surface area contributed by atoms with E-state index in [4.69, 9.17) is 5.73 Å². The number of thioether (sulfide) groups is 3. The van der Waals surface area contributed by atoms with E-state index in [0.717, 1.165) is 11.3 Å². The van der Waals surface area contributed by atoms with Crippen LogP contribution in [0.1, 0.15) is 5.69 Å². The SMILES string of the molecule is Cl.Cl.Nc1nc(/C(=N/O)C(=O)N[C@@H]2C(=O)N3C(C(=O)O)=C(SCSc4cn[nH]n4)CS[C@H]23)cs1. The number of H-pyrrole nitrogens is 1. The van der Waals surface area contributed by atoms with Gasteiger partial charge in [0.15, 0.2) is 10.8 Å². The smallest absolute Gasteiger partial charge is 0.353 e. The molecule has 0 aliphatic carbocycles. The summed E-state index contributed by atoms with van der Waals surface area (Å²) in [5.74, 6) is -2.25. The molecule has 2 amide bonds. The Morgan fingerprint density at radius 1 is 1.38 bits per heavy atom. The molecular weight excluding hydrogens is 571 g/mol. The molecule has 0 unspecified atom stereocenters. The van der Waals surface area contributed by atoms with Gasteiger partial charge in [0, 0.05) is 16.0 Å². The monoisotopic (exact) mass is 586 g/mol. The summed E-state index contributed by atoms with van der Waals surface area (Å²) < 4.78 is 0. The highest BCUT2D eigenvalue weighted by atomic mass is 35.5. The van der Waals surface area contributed by atoms with Gasteiger partial charge in [-0.3, -0.25) is 14.5 Å². The molecule has 2 aromatic rings. The average Bonchev–Trinajstić information content (AvgIpc) is 3.44. The van der Waals surface area contributed by atoms with E-state index in [1.54, 1.807) is 6.20 Å².